The van der Waals surface area contributed by atoms with E-state index in [2.05, 4.69) is 20.8 Å². The highest BCUT2D eigenvalue weighted by Gasteiger charge is 2.51. The number of carbonyl (C=O) groups is 1. The summed E-state index contributed by atoms with van der Waals surface area (Å²) in [6.45, 7) is 1.55. The molecule has 4 heterocycles. The second-order valence-corrected chi connectivity index (χ2v) is 9.06. The maximum Gasteiger partial charge on any atom is 0.412 e. The number of nitrogens with zero attached hydrogens (tertiary/aromatic N) is 4. The fraction of sp³-hybridized carbons (Fsp3) is 0.308. The number of nitrogens with one attached hydrogen (secondary N) is 1. The van der Waals surface area contributed by atoms with Crippen LogP contribution in [-0.4, -0.2) is 71.0 Å². The zero-order chi connectivity index (χ0) is 24.8. The molecule has 2 saturated heterocycles. The molecular weight excluding hydrogens is 478 g/mol. The first-order valence-corrected chi connectivity index (χ1v) is 12.1. The Balaban J connectivity index is 1.06. The molecule has 0 spiro atoms. The highest BCUT2D eigenvalue weighted by Crippen LogP contribution is 2.39. The zero-order valence-corrected chi connectivity index (χ0v) is 19.6. The van der Waals surface area contributed by atoms with Crippen molar-refractivity contribution in [2.24, 2.45) is 0 Å². The van der Waals surface area contributed by atoms with Gasteiger partial charge in [0.05, 0.1) is 18.9 Å². The number of fused-ring (bicyclic) bond motifs is 3. The molecule has 3 aromatic carbocycles. The van der Waals surface area contributed by atoms with Crippen molar-refractivity contribution >= 4 is 22.6 Å². The van der Waals surface area contributed by atoms with Crippen molar-refractivity contribution in [3.8, 4) is 22.9 Å². The van der Waals surface area contributed by atoms with E-state index in [1.165, 1.54) is 0 Å². The standard InChI is InChI=1S/C26H23N5O6/c32-26(27-18-7-3-5-15-4-1-2-6-17(15)18)37-22-14-36-23-19(13-35-24(22)23)31-25(28-29-30-31)16-8-9-20-21(12-16)34-11-10-33-20/h1-9,12,19,22-24H,10-11,13-14H2,(H,27,32)/t19-,22+,23+,24+/m0/s1. The first kappa shape index (κ1) is 22.0. The molecule has 0 saturated carbocycles. The fourth-order valence-corrected chi connectivity index (χ4v) is 5.16. The number of hydrogen-bond acceptors (Lipinski definition) is 9. The molecule has 0 aliphatic carbocycles. The molecule has 188 valence electrons. The van der Waals surface area contributed by atoms with Crippen LogP contribution in [0.3, 0.4) is 0 Å². The van der Waals surface area contributed by atoms with E-state index < -0.39 is 18.3 Å². The van der Waals surface area contributed by atoms with Gasteiger partial charge in [-0.1, -0.05) is 36.4 Å². The summed E-state index contributed by atoms with van der Waals surface area (Å²) in [6, 6.07) is 18.9. The topological polar surface area (TPSA) is 119 Å². The number of anilines is 1. The monoisotopic (exact) mass is 501 g/mol. The minimum Gasteiger partial charge on any atom is -0.486 e. The van der Waals surface area contributed by atoms with Crippen molar-refractivity contribution in [2.45, 2.75) is 24.4 Å². The Morgan fingerprint density at radius 3 is 2.73 bits per heavy atom. The van der Waals surface area contributed by atoms with E-state index in [0.29, 0.717) is 42.8 Å². The maximum absolute atomic E-state index is 12.8. The molecule has 1 N–H and O–H groups in total. The highest BCUT2D eigenvalue weighted by molar-refractivity contribution is 6.00. The molecule has 3 aliphatic rings. The number of ether oxygens (including phenoxy) is 5. The summed E-state index contributed by atoms with van der Waals surface area (Å²) in [7, 11) is 0. The van der Waals surface area contributed by atoms with Crippen molar-refractivity contribution in [3.05, 3.63) is 60.7 Å². The van der Waals surface area contributed by atoms with Crippen molar-refractivity contribution in [1.29, 1.82) is 0 Å². The molecule has 4 aromatic rings. The van der Waals surface area contributed by atoms with Gasteiger partial charge in [-0.2, -0.15) is 0 Å². The molecular formula is C26H23N5O6. The lowest BCUT2D eigenvalue weighted by Crippen LogP contribution is -2.35. The summed E-state index contributed by atoms with van der Waals surface area (Å²) in [5, 5.41) is 17.2. The van der Waals surface area contributed by atoms with E-state index in [1.54, 1.807) is 4.68 Å². The predicted octanol–water partition coefficient (Wildman–Crippen LogP) is 3.22. The van der Waals surface area contributed by atoms with Crippen molar-refractivity contribution in [3.63, 3.8) is 0 Å². The highest BCUT2D eigenvalue weighted by atomic mass is 16.6. The molecule has 0 bridgehead atoms. The minimum atomic E-state index is -0.558. The van der Waals surface area contributed by atoms with Gasteiger partial charge >= 0.3 is 6.09 Å². The molecule has 3 aliphatic heterocycles. The van der Waals surface area contributed by atoms with Gasteiger partial charge in [-0.3, -0.25) is 5.32 Å². The summed E-state index contributed by atoms with van der Waals surface area (Å²) in [5.41, 5.74) is 1.47. The van der Waals surface area contributed by atoms with Crippen molar-refractivity contribution < 1.29 is 28.5 Å². The Bertz CT molecular complexity index is 1470. The first-order chi connectivity index (χ1) is 18.2. The molecule has 1 amide bonds. The maximum atomic E-state index is 12.8. The number of tetrazole rings is 1. The average Bonchev–Trinajstić information content (AvgIpc) is 3.66. The second kappa shape index (κ2) is 9.02. The second-order valence-electron chi connectivity index (χ2n) is 9.06. The molecule has 2 fully saturated rings. The van der Waals surface area contributed by atoms with Gasteiger partial charge in [0.2, 0.25) is 0 Å². The van der Waals surface area contributed by atoms with Crippen LogP contribution >= 0.6 is 0 Å². The van der Waals surface area contributed by atoms with E-state index in [-0.39, 0.29) is 18.8 Å². The number of hydrogen-bond donors (Lipinski definition) is 1. The third-order valence-corrected chi connectivity index (χ3v) is 6.87. The molecule has 11 nitrogen and oxygen atoms in total. The smallest absolute Gasteiger partial charge is 0.412 e. The van der Waals surface area contributed by atoms with Gasteiger partial charge < -0.3 is 23.7 Å². The van der Waals surface area contributed by atoms with Crippen LogP contribution in [-0.2, 0) is 14.2 Å². The van der Waals surface area contributed by atoms with Crippen LogP contribution in [0, 0.1) is 0 Å². The van der Waals surface area contributed by atoms with E-state index in [1.807, 2.05) is 60.7 Å². The van der Waals surface area contributed by atoms with E-state index in [4.69, 9.17) is 23.7 Å². The van der Waals surface area contributed by atoms with Crippen LogP contribution in [0.15, 0.2) is 60.7 Å². The number of benzene rings is 3. The van der Waals surface area contributed by atoms with Crippen LogP contribution < -0.4 is 14.8 Å². The summed E-state index contributed by atoms with van der Waals surface area (Å²) in [6.07, 6.45) is -1.91. The van der Waals surface area contributed by atoms with Crippen molar-refractivity contribution in [2.75, 3.05) is 31.7 Å². The third-order valence-electron chi connectivity index (χ3n) is 6.87. The van der Waals surface area contributed by atoms with Gasteiger partial charge in [-0.25, -0.2) is 9.48 Å². The summed E-state index contributed by atoms with van der Waals surface area (Å²) >= 11 is 0. The lowest BCUT2D eigenvalue weighted by Gasteiger charge is -2.20. The Kier molecular flexibility index (Phi) is 5.37. The lowest BCUT2D eigenvalue weighted by atomic mass is 10.1. The molecule has 11 heteroatoms. The summed E-state index contributed by atoms with van der Waals surface area (Å²) in [4.78, 5) is 12.8. The summed E-state index contributed by atoms with van der Waals surface area (Å²) in [5.74, 6) is 1.91. The van der Waals surface area contributed by atoms with E-state index in [9.17, 15) is 4.79 Å². The number of rotatable bonds is 4. The Morgan fingerprint density at radius 2 is 1.78 bits per heavy atom. The Hall–Kier alpha value is -4.22. The molecule has 0 radical (unpaired) electrons. The van der Waals surface area contributed by atoms with Crippen LogP contribution in [0.4, 0.5) is 10.5 Å². The molecule has 37 heavy (non-hydrogen) atoms. The quantitative estimate of drug-likeness (QED) is 0.450. The van der Waals surface area contributed by atoms with Gasteiger partial charge in [0.1, 0.15) is 31.5 Å². The van der Waals surface area contributed by atoms with Crippen molar-refractivity contribution in [1.82, 2.24) is 20.2 Å². The van der Waals surface area contributed by atoms with Crippen LogP contribution in [0.25, 0.3) is 22.2 Å². The fourth-order valence-electron chi connectivity index (χ4n) is 5.16. The SMILES string of the molecule is O=C(Nc1cccc2ccccc12)O[C@@H]1CO[C@H]2[C@@H]1OC[C@@H]2n1nnnc1-c1ccc2c(c1)OCCO2. The molecule has 4 atom stereocenters. The van der Waals surface area contributed by atoms with E-state index >= 15 is 0 Å². The Labute approximate surface area is 211 Å². The van der Waals surface area contributed by atoms with Gasteiger partial charge in [0, 0.05) is 10.9 Å². The van der Waals surface area contributed by atoms with Gasteiger partial charge in [-0.15, -0.1) is 5.10 Å². The third kappa shape index (κ3) is 3.92. The van der Waals surface area contributed by atoms with Gasteiger partial charge in [0.15, 0.2) is 23.4 Å². The molecule has 7 rings (SSSR count). The van der Waals surface area contributed by atoms with Gasteiger partial charge in [-0.05, 0) is 40.1 Å². The Morgan fingerprint density at radius 1 is 0.946 bits per heavy atom. The first-order valence-electron chi connectivity index (χ1n) is 12.1. The summed E-state index contributed by atoms with van der Waals surface area (Å²) < 4.78 is 30.8. The number of carbonyl (C=O) groups excluding carboxylic acids is 1. The predicted molar refractivity (Wildman–Crippen MR) is 131 cm³/mol. The molecule has 1 aromatic heterocycles. The van der Waals surface area contributed by atoms with E-state index in [0.717, 1.165) is 16.3 Å². The zero-order valence-electron chi connectivity index (χ0n) is 19.6. The normalized spacial score (nSPS) is 24.1. The van der Waals surface area contributed by atoms with Crippen LogP contribution in [0.2, 0.25) is 0 Å². The van der Waals surface area contributed by atoms with Crippen LogP contribution in [0.5, 0.6) is 11.5 Å². The number of aromatic nitrogens is 4. The average molecular weight is 501 g/mol. The van der Waals surface area contributed by atoms with Crippen LogP contribution in [0.1, 0.15) is 6.04 Å². The minimum absolute atomic E-state index is 0.219. The molecule has 0 unspecified atom stereocenters. The number of amides is 1. The van der Waals surface area contributed by atoms with Gasteiger partial charge in [0.25, 0.3) is 0 Å². The lowest BCUT2D eigenvalue weighted by molar-refractivity contribution is 0.00775. The largest absolute Gasteiger partial charge is 0.486 e.